The number of amides is 2. The molecular weight excluding hydrogens is 266 g/mol. The summed E-state index contributed by atoms with van der Waals surface area (Å²) in [5.74, 6) is 0. The number of likely N-dealkylation sites (tertiary alicyclic amines) is 1. The van der Waals surface area contributed by atoms with Gasteiger partial charge in [0.2, 0.25) is 0 Å². The molecule has 1 saturated heterocycles. The maximum Gasteiger partial charge on any atom is 0.321 e. The molecule has 0 aliphatic carbocycles. The summed E-state index contributed by atoms with van der Waals surface area (Å²) in [4.78, 5) is 16.4. The van der Waals surface area contributed by atoms with E-state index < -0.39 is 6.10 Å². The van der Waals surface area contributed by atoms with Crippen molar-refractivity contribution in [3.63, 3.8) is 0 Å². The molecule has 1 aromatic rings. The number of benzene rings is 1. The predicted octanol–water partition coefficient (Wildman–Crippen LogP) is 2.30. The Hall–Kier alpha value is -1.59. The van der Waals surface area contributed by atoms with Gasteiger partial charge in [0.05, 0.1) is 6.10 Å². The summed E-state index contributed by atoms with van der Waals surface area (Å²) >= 11 is 0. The van der Waals surface area contributed by atoms with Crippen molar-refractivity contribution in [2.45, 2.75) is 31.9 Å². The van der Waals surface area contributed by atoms with Crippen molar-refractivity contribution >= 4 is 11.7 Å². The van der Waals surface area contributed by atoms with Crippen LogP contribution in [-0.4, -0.2) is 54.2 Å². The third-order valence-corrected chi connectivity index (χ3v) is 4.09. The molecule has 1 aliphatic heterocycles. The second-order valence-corrected chi connectivity index (χ2v) is 5.90. The van der Waals surface area contributed by atoms with Gasteiger partial charge in [-0.3, -0.25) is 0 Å². The number of carbonyl (C=O) groups excluding carboxylic acids is 1. The van der Waals surface area contributed by atoms with E-state index in [1.165, 1.54) is 0 Å². The Morgan fingerprint density at radius 3 is 2.95 bits per heavy atom. The van der Waals surface area contributed by atoms with Crippen LogP contribution in [0.1, 0.15) is 31.4 Å². The topological polar surface area (TPSA) is 55.8 Å². The van der Waals surface area contributed by atoms with E-state index >= 15 is 0 Å². The van der Waals surface area contributed by atoms with E-state index in [1.807, 2.05) is 31.3 Å². The van der Waals surface area contributed by atoms with E-state index in [-0.39, 0.29) is 12.1 Å². The van der Waals surface area contributed by atoms with Crippen LogP contribution in [-0.2, 0) is 0 Å². The highest BCUT2D eigenvalue weighted by Crippen LogP contribution is 2.19. The van der Waals surface area contributed by atoms with Crippen LogP contribution in [0, 0.1) is 0 Å². The quantitative estimate of drug-likeness (QED) is 0.898. The second-order valence-electron chi connectivity index (χ2n) is 5.90. The number of hydrogen-bond acceptors (Lipinski definition) is 3. The number of hydrogen-bond donors (Lipinski definition) is 2. The molecule has 0 bridgehead atoms. The minimum atomic E-state index is -0.536. The standard InChI is InChI=1S/C16H25N3O2/c1-12(20)13-6-4-7-14(10-13)17-16(21)19(3)15-8-5-9-18(2)11-15/h4,6-7,10,12,15,20H,5,8-9,11H2,1-3H3,(H,17,21). The Labute approximate surface area is 126 Å². The fourth-order valence-corrected chi connectivity index (χ4v) is 2.71. The molecule has 116 valence electrons. The number of aliphatic hydroxyl groups excluding tert-OH is 1. The van der Waals surface area contributed by atoms with Gasteiger partial charge in [-0.15, -0.1) is 0 Å². The summed E-state index contributed by atoms with van der Waals surface area (Å²) in [6, 6.07) is 7.49. The average molecular weight is 291 g/mol. The molecule has 0 aromatic heterocycles. The fraction of sp³-hybridized carbons (Fsp3) is 0.562. The maximum absolute atomic E-state index is 12.3. The molecule has 0 radical (unpaired) electrons. The lowest BCUT2D eigenvalue weighted by Crippen LogP contribution is -2.48. The van der Waals surface area contributed by atoms with Gasteiger partial charge in [-0.1, -0.05) is 12.1 Å². The summed E-state index contributed by atoms with van der Waals surface area (Å²) < 4.78 is 0. The van der Waals surface area contributed by atoms with Crippen LogP contribution in [0.4, 0.5) is 10.5 Å². The highest BCUT2D eigenvalue weighted by atomic mass is 16.3. The minimum absolute atomic E-state index is 0.0990. The monoisotopic (exact) mass is 291 g/mol. The molecular formula is C16H25N3O2. The normalized spacial score (nSPS) is 20.9. The summed E-state index contributed by atoms with van der Waals surface area (Å²) in [6.45, 7) is 3.73. The van der Waals surface area contributed by atoms with Crippen molar-refractivity contribution in [1.82, 2.24) is 9.80 Å². The molecule has 0 spiro atoms. The number of nitrogens with zero attached hydrogens (tertiary/aromatic N) is 2. The Morgan fingerprint density at radius 2 is 2.29 bits per heavy atom. The molecule has 0 saturated carbocycles. The van der Waals surface area contributed by atoms with Crippen LogP contribution in [0.2, 0.25) is 0 Å². The zero-order chi connectivity index (χ0) is 15.4. The first-order valence-corrected chi connectivity index (χ1v) is 7.47. The molecule has 5 heteroatoms. The van der Waals surface area contributed by atoms with E-state index in [2.05, 4.69) is 17.3 Å². The van der Waals surface area contributed by atoms with Crippen LogP contribution in [0.5, 0.6) is 0 Å². The summed E-state index contributed by atoms with van der Waals surface area (Å²) in [5, 5.41) is 12.5. The number of rotatable bonds is 3. The average Bonchev–Trinajstić information content (AvgIpc) is 2.46. The van der Waals surface area contributed by atoms with E-state index in [4.69, 9.17) is 0 Å². The summed E-state index contributed by atoms with van der Waals surface area (Å²) in [6.07, 6.45) is 1.63. The lowest BCUT2D eigenvalue weighted by molar-refractivity contribution is 0.148. The minimum Gasteiger partial charge on any atom is -0.389 e. The van der Waals surface area contributed by atoms with Crippen molar-refractivity contribution in [2.75, 3.05) is 32.5 Å². The Balaban J connectivity index is 1.98. The maximum atomic E-state index is 12.3. The smallest absolute Gasteiger partial charge is 0.321 e. The third kappa shape index (κ3) is 4.19. The molecule has 1 heterocycles. The van der Waals surface area contributed by atoms with E-state index in [9.17, 15) is 9.90 Å². The second kappa shape index (κ2) is 6.91. The van der Waals surface area contributed by atoms with Crippen molar-refractivity contribution in [1.29, 1.82) is 0 Å². The van der Waals surface area contributed by atoms with Crippen LogP contribution in [0.15, 0.2) is 24.3 Å². The molecule has 2 unspecified atom stereocenters. The van der Waals surface area contributed by atoms with Gasteiger partial charge in [-0.25, -0.2) is 4.79 Å². The molecule has 5 nitrogen and oxygen atoms in total. The Morgan fingerprint density at radius 1 is 1.52 bits per heavy atom. The molecule has 2 rings (SSSR count). The lowest BCUT2D eigenvalue weighted by atomic mass is 10.1. The van der Waals surface area contributed by atoms with Crippen molar-refractivity contribution in [3.05, 3.63) is 29.8 Å². The number of anilines is 1. The number of likely N-dealkylation sites (N-methyl/N-ethyl adjacent to an activating group) is 2. The van der Waals surface area contributed by atoms with Crippen LogP contribution in [0.25, 0.3) is 0 Å². The number of aliphatic hydroxyl groups is 1. The van der Waals surface area contributed by atoms with Gasteiger partial charge in [-0.2, -0.15) is 0 Å². The van der Waals surface area contributed by atoms with Crippen molar-refractivity contribution < 1.29 is 9.90 Å². The van der Waals surface area contributed by atoms with Crippen LogP contribution < -0.4 is 5.32 Å². The summed E-state index contributed by atoms with van der Waals surface area (Å²) in [7, 11) is 3.93. The molecule has 2 N–H and O–H groups in total. The molecule has 1 aliphatic rings. The first kappa shape index (κ1) is 15.8. The van der Waals surface area contributed by atoms with Gasteiger partial charge in [0.15, 0.2) is 0 Å². The number of nitrogens with one attached hydrogen (secondary N) is 1. The van der Waals surface area contributed by atoms with E-state index in [0.717, 1.165) is 37.2 Å². The Kier molecular flexibility index (Phi) is 5.20. The molecule has 2 atom stereocenters. The SMILES string of the molecule is CC(O)c1cccc(NC(=O)N(C)C2CCCN(C)C2)c1. The van der Waals surface area contributed by atoms with E-state index in [0.29, 0.717) is 0 Å². The molecule has 1 aromatic carbocycles. The Bertz CT molecular complexity index is 490. The zero-order valence-electron chi connectivity index (χ0n) is 13.0. The lowest BCUT2D eigenvalue weighted by Gasteiger charge is -2.35. The first-order valence-electron chi connectivity index (χ1n) is 7.47. The van der Waals surface area contributed by atoms with Crippen LogP contribution in [0.3, 0.4) is 0 Å². The highest BCUT2D eigenvalue weighted by molar-refractivity contribution is 5.89. The van der Waals surface area contributed by atoms with Crippen molar-refractivity contribution in [3.8, 4) is 0 Å². The van der Waals surface area contributed by atoms with Gasteiger partial charge in [0.1, 0.15) is 0 Å². The van der Waals surface area contributed by atoms with Crippen molar-refractivity contribution in [2.24, 2.45) is 0 Å². The number of carbonyl (C=O) groups is 1. The zero-order valence-corrected chi connectivity index (χ0v) is 13.0. The first-order chi connectivity index (χ1) is 9.97. The van der Waals surface area contributed by atoms with Crippen LogP contribution >= 0.6 is 0 Å². The summed E-state index contributed by atoms with van der Waals surface area (Å²) in [5.41, 5.74) is 1.52. The highest BCUT2D eigenvalue weighted by Gasteiger charge is 2.24. The van der Waals surface area contributed by atoms with Gasteiger partial charge < -0.3 is 20.2 Å². The molecule has 2 amide bonds. The molecule has 1 fully saturated rings. The predicted molar refractivity (Wildman–Crippen MR) is 84.4 cm³/mol. The van der Waals surface area contributed by atoms with Gasteiger partial charge in [-0.05, 0) is 51.1 Å². The van der Waals surface area contributed by atoms with Gasteiger partial charge in [0, 0.05) is 25.3 Å². The van der Waals surface area contributed by atoms with Gasteiger partial charge >= 0.3 is 6.03 Å². The molecule has 21 heavy (non-hydrogen) atoms. The largest absolute Gasteiger partial charge is 0.389 e. The third-order valence-electron chi connectivity index (χ3n) is 4.09. The number of piperidine rings is 1. The van der Waals surface area contributed by atoms with Gasteiger partial charge in [0.25, 0.3) is 0 Å². The number of urea groups is 1. The van der Waals surface area contributed by atoms with E-state index in [1.54, 1.807) is 11.8 Å². The fourth-order valence-electron chi connectivity index (χ4n) is 2.71.